The summed E-state index contributed by atoms with van der Waals surface area (Å²) in [5.41, 5.74) is 2.38. The summed E-state index contributed by atoms with van der Waals surface area (Å²) in [6, 6.07) is 12.7. The van der Waals surface area contributed by atoms with E-state index in [-0.39, 0.29) is 18.6 Å². The van der Waals surface area contributed by atoms with Crippen LogP contribution in [0.5, 0.6) is 0 Å². The van der Waals surface area contributed by atoms with E-state index in [0.29, 0.717) is 0 Å². The number of hydrogen-bond acceptors (Lipinski definition) is 0. The minimum absolute atomic E-state index is 0. The van der Waals surface area contributed by atoms with Crippen LogP contribution in [0.4, 0.5) is 0 Å². The summed E-state index contributed by atoms with van der Waals surface area (Å²) in [5.74, 6) is 0. The van der Waals surface area contributed by atoms with E-state index in [4.69, 9.17) is 0 Å². The van der Waals surface area contributed by atoms with Crippen molar-refractivity contribution in [1.82, 2.24) is 0 Å². The molecule has 2 rings (SSSR count). The molecule has 2 aromatic carbocycles. The first-order valence-electron chi connectivity index (χ1n) is 4.08. The van der Waals surface area contributed by atoms with Gasteiger partial charge in [-0.25, -0.2) is 0 Å². The molecule has 0 saturated carbocycles. The quantitative estimate of drug-likeness (QED) is 0.580. The second-order valence-corrected chi connectivity index (χ2v) is 3.18. The predicted octanol–water partition coefficient (Wildman–Crippen LogP) is 3.33. The molecule has 0 amide bonds. The molecule has 0 bridgehead atoms. The average Bonchev–Trinajstić information content (AvgIpc) is 2.03. The first-order valence-corrected chi connectivity index (χ1v) is 4.08. The summed E-state index contributed by atoms with van der Waals surface area (Å²) in [7, 11) is 0. The molecule has 0 N–H and O–H groups in total. The molecule has 0 fully saturated rings. The van der Waals surface area contributed by atoms with Gasteiger partial charge in [0.15, 0.2) is 0 Å². The molecular formula is C12H11V-. The van der Waals surface area contributed by atoms with E-state index < -0.39 is 0 Å². The maximum atomic E-state index is 3.90. The summed E-state index contributed by atoms with van der Waals surface area (Å²) in [4.78, 5) is 0. The fraction of sp³-hybridized carbons (Fsp3) is 0.0833. The van der Waals surface area contributed by atoms with E-state index in [9.17, 15) is 0 Å². The Morgan fingerprint density at radius 1 is 0.923 bits per heavy atom. The van der Waals surface area contributed by atoms with Crippen molar-refractivity contribution in [2.75, 3.05) is 0 Å². The third kappa shape index (κ3) is 2.09. The Hall–Kier alpha value is -0.846. The van der Waals surface area contributed by atoms with E-state index >= 15 is 0 Å². The van der Waals surface area contributed by atoms with Crippen LogP contribution in [0, 0.1) is 13.8 Å². The monoisotopic (exact) mass is 206 g/mol. The van der Waals surface area contributed by atoms with Crippen molar-refractivity contribution in [2.45, 2.75) is 6.92 Å². The van der Waals surface area contributed by atoms with Crippen LogP contribution in [0.1, 0.15) is 11.1 Å². The molecule has 1 heteroatoms. The van der Waals surface area contributed by atoms with E-state index in [1.807, 2.05) is 6.07 Å². The van der Waals surface area contributed by atoms with Gasteiger partial charge in [-0.3, -0.25) is 0 Å². The molecule has 0 atom stereocenters. The molecule has 0 aliphatic rings. The van der Waals surface area contributed by atoms with Crippen molar-refractivity contribution in [3.05, 3.63) is 54.4 Å². The van der Waals surface area contributed by atoms with Gasteiger partial charge >= 0.3 is 0 Å². The second kappa shape index (κ2) is 3.91. The molecule has 1 radical (unpaired) electrons. The largest absolute Gasteiger partial charge is 0.199 e. The SMILES string of the molecule is [CH2-]c1ccc2ccc(C)cc2c1.[V]. The normalized spacial score (nSPS) is 9.62. The number of benzene rings is 2. The summed E-state index contributed by atoms with van der Waals surface area (Å²) in [6.07, 6.45) is 0. The maximum Gasteiger partial charge on any atom is 0 e. The van der Waals surface area contributed by atoms with Crippen molar-refractivity contribution in [3.63, 3.8) is 0 Å². The van der Waals surface area contributed by atoms with Gasteiger partial charge in [0.2, 0.25) is 0 Å². The molecule has 0 nitrogen and oxygen atoms in total. The van der Waals surface area contributed by atoms with Crippen LogP contribution in [0.3, 0.4) is 0 Å². The fourth-order valence-corrected chi connectivity index (χ4v) is 1.42. The van der Waals surface area contributed by atoms with Crippen LogP contribution in [0.2, 0.25) is 0 Å². The molecule has 0 saturated heterocycles. The van der Waals surface area contributed by atoms with E-state index in [0.717, 1.165) is 5.56 Å². The molecule has 0 aromatic heterocycles. The zero-order valence-corrected chi connectivity index (χ0v) is 9.02. The molecule has 0 heterocycles. The average molecular weight is 206 g/mol. The Balaban J connectivity index is 0.000000845. The molecule has 13 heavy (non-hydrogen) atoms. The maximum absolute atomic E-state index is 3.90. The number of rotatable bonds is 0. The van der Waals surface area contributed by atoms with Crippen molar-refractivity contribution >= 4 is 10.8 Å². The van der Waals surface area contributed by atoms with Gasteiger partial charge in [-0.1, -0.05) is 29.1 Å². The molecule has 0 aliphatic carbocycles. The first kappa shape index (κ1) is 10.2. The van der Waals surface area contributed by atoms with Gasteiger partial charge in [-0.2, -0.15) is 24.6 Å². The Morgan fingerprint density at radius 3 is 2.38 bits per heavy atom. The van der Waals surface area contributed by atoms with Gasteiger partial charge in [-0.05, 0) is 12.3 Å². The zero-order valence-electron chi connectivity index (χ0n) is 7.62. The van der Waals surface area contributed by atoms with Crippen molar-refractivity contribution in [3.8, 4) is 0 Å². The predicted molar refractivity (Wildman–Crippen MR) is 53.1 cm³/mol. The summed E-state index contributed by atoms with van der Waals surface area (Å²) in [5, 5.41) is 2.57. The summed E-state index contributed by atoms with van der Waals surface area (Å²) in [6.45, 7) is 6.01. The summed E-state index contributed by atoms with van der Waals surface area (Å²) < 4.78 is 0. The van der Waals surface area contributed by atoms with Crippen molar-refractivity contribution in [1.29, 1.82) is 0 Å². The molecule has 0 aliphatic heterocycles. The van der Waals surface area contributed by atoms with Crippen LogP contribution < -0.4 is 0 Å². The Kier molecular flexibility index (Phi) is 3.08. The van der Waals surface area contributed by atoms with Crippen molar-refractivity contribution < 1.29 is 18.6 Å². The van der Waals surface area contributed by atoms with Crippen LogP contribution >= 0.6 is 0 Å². The molecule has 65 valence electrons. The minimum Gasteiger partial charge on any atom is -0.199 e. The van der Waals surface area contributed by atoms with E-state index in [1.54, 1.807) is 0 Å². The smallest absolute Gasteiger partial charge is 0 e. The van der Waals surface area contributed by atoms with Gasteiger partial charge in [0.1, 0.15) is 0 Å². The Labute approximate surface area is 90.9 Å². The van der Waals surface area contributed by atoms with Crippen molar-refractivity contribution in [2.24, 2.45) is 0 Å². The molecular weight excluding hydrogens is 195 g/mol. The third-order valence-electron chi connectivity index (χ3n) is 2.06. The standard InChI is InChI=1S/C12H11.V/c1-9-3-5-11-6-4-10(2)8-12(11)7-9;/h3-8H,1H2,2H3;/q-1;. The molecule has 0 spiro atoms. The number of fused-ring (bicyclic) bond motifs is 1. The fourth-order valence-electron chi connectivity index (χ4n) is 1.42. The van der Waals surface area contributed by atoms with Crippen LogP contribution in [-0.2, 0) is 18.6 Å². The Bertz CT molecular complexity index is 382. The number of aryl methyl sites for hydroxylation is 1. The summed E-state index contributed by atoms with van der Waals surface area (Å²) >= 11 is 0. The minimum atomic E-state index is 0. The van der Waals surface area contributed by atoms with Gasteiger partial charge in [0.05, 0.1) is 0 Å². The number of hydrogen-bond donors (Lipinski definition) is 0. The van der Waals surface area contributed by atoms with Gasteiger partial charge in [0.25, 0.3) is 0 Å². The third-order valence-corrected chi connectivity index (χ3v) is 2.06. The van der Waals surface area contributed by atoms with Crippen LogP contribution in [0.15, 0.2) is 36.4 Å². The van der Waals surface area contributed by atoms with Gasteiger partial charge in [-0.15, -0.1) is 6.07 Å². The topological polar surface area (TPSA) is 0 Å². The first-order chi connectivity index (χ1) is 5.75. The van der Waals surface area contributed by atoms with Crippen LogP contribution in [-0.4, -0.2) is 0 Å². The van der Waals surface area contributed by atoms with Gasteiger partial charge < -0.3 is 0 Å². The second-order valence-electron chi connectivity index (χ2n) is 3.18. The Morgan fingerprint density at radius 2 is 1.62 bits per heavy atom. The van der Waals surface area contributed by atoms with Gasteiger partial charge in [0, 0.05) is 18.6 Å². The molecule has 2 aromatic rings. The van der Waals surface area contributed by atoms with Crippen LogP contribution in [0.25, 0.3) is 10.8 Å². The molecule has 0 unspecified atom stereocenters. The van der Waals surface area contributed by atoms with E-state index in [2.05, 4.69) is 44.2 Å². The van der Waals surface area contributed by atoms with E-state index in [1.165, 1.54) is 16.3 Å². The zero-order chi connectivity index (χ0) is 8.55.